The first-order valence-electron chi connectivity index (χ1n) is 4.59. The number of aliphatic hydroxyl groups is 1. The van der Waals surface area contributed by atoms with Gasteiger partial charge in [-0.05, 0) is 17.7 Å². The minimum Gasteiger partial charge on any atom is -0.465 e. The number of ether oxygens (including phenoxy) is 1. The van der Waals surface area contributed by atoms with Crippen LogP contribution in [0, 0.1) is 11.3 Å². The van der Waals surface area contributed by atoms with Crippen LogP contribution in [-0.4, -0.2) is 18.2 Å². The molecule has 0 saturated heterocycles. The molecule has 0 atom stereocenters. The van der Waals surface area contributed by atoms with Gasteiger partial charge in [0.25, 0.3) is 6.43 Å². The van der Waals surface area contributed by atoms with Crippen molar-refractivity contribution in [2.75, 3.05) is 7.11 Å². The summed E-state index contributed by atoms with van der Waals surface area (Å²) in [5.74, 6) is -0.808. The number of hydrogen-bond donors (Lipinski definition) is 1. The Bertz CT molecular complexity index is 480. The number of carbonyl (C=O) groups excluding carboxylic acids is 1. The Morgan fingerprint density at radius 2 is 2.24 bits per heavy atom. The summed E-state index contributed by atoms with van der Waals surface area (Å²) in [7, 11) is 1.11. The van der Waals surface area contributed by atoms with Gasteiger partial charge in [0.15, 0.2) is 0 Å². The van der Waals surface area contributed by atoms with Gasteiger partial charge in [-0.1, -0.05) is 0 Å². The predicted molar refractivity (Wildman–Crippen MR) is 53.4 cm³/mol. The summed E-state index contributed by atoms with van der Waals surface area (Å²) in [6.45, 7) is -0.643. The fraction of sp³-hybridized carbons (Fsp3) is 0.273. The van der Waals surface area contributed by atoms with Crippen molar-refractivity contribution < 1.29 is 23.4 Å². The molecule has 0 aliphatic carbocycles. The number of methoxy groups -OCH3 is 1. The largest absolute Gasteiger partial charge is 0.465 e. The molecule has 6 heteroatoms. The minimum atomic E-state index is -2.82. The third-order valence-electron chi connectivity index (χ3n) is 2.21. The average molecular weight is 241 g/mol. The number of esters is 1. The van der Waals surface area contributed by atoms with Gasteiger partial charge in [-0.2, -0.15) is 5.26 Å². The quantitative estimate of drug-likeness (QED) is 0.819. The maximum atomic E-state index is 12.6. The van der Waals surface area contributed by atoms with E-state index in [0.29, 0.717) is 0 Å². The molecule has 0 aliphatic heterocycles. The van der Waals surface area contributed by atoms with Gasteiger partial charge >= 0.3 is 5.97 Å². The zero-order valence-electron chi connectivity index (χ0n) is 8.91. The first-order valence-corrected chi connectivity index (χ1v) is 4.59. The van der Waals surface area contributed by atoms with Crippen molar-refractivity contribution in [2.24, 2.45) is 0 Å². The van der Waals surface area contributed by atoms with Crippen LogP contribution < -0.4 is 0 Å². The number of carbonyl (C=O) groups is 1. The van der Waals surface area contributed by atoms with Crippen LogP contribution in [0.1, 0.15) is 33.5 Å². The Kier molecular flexibility index (Phi) is 4.12. The summed E-state index contributed by atoms with van der Waals surface area (Å²) >= 11 is 0. The van der Waals surface area contributed by atoms with Crippen LogP contribution in [0.25, 0.3) is 0 Å². The van der Waals surface area contributed by atoms with E-state index in [9.17, 15) is 13.6 Å². The number of aliphatic hydroxyl groups excluding tert-OH is 1. The fourth-order valence-electron chi connectivity index (χ4n) is 1.37. The molecule has 1 aromatic carbocycles. The minimum absolute atomic E-state index is 0.0978. The zero-order valence-corrected chi connectivity index (χ0v) is 8.91. The SMILES string of the molecule is COC(=O)c1cc(CO)c(C(F)F)cc1C#N. The molecule has 0 bridgehead atoms. The van der Waals surface area contributed by atoms with Gasteiger partial charge in [0, 0.05) is 5.56 Å². The van der Waals surface area contributed by atoms with Crippen molar-refractivity contribution >= 4 is 5.97 Å². The molecule has 1 aromatic rings. The van der Waals surface area contributed by atoms with E-state index in [1.807, 2.05) is 0 Å². The van der Waals surface area contributed by atoms with E-state index in [4.69, 9.17) is 10.4 Å². The number of nitriles is 1. The van der Waals surface area contributed by atoms with E-state index >= 15 is 0 Å². The van der Waals surface area contributed by atoms with Crippen LogP contribution in [-0.2, 0) is 11.3 Å². The second-order valence-corrected chi connectivity index (χ2v) is 3.16. The van der Waals surface area contributed by atoms with Crippen molar-refractivity contribution in [2.45, 2.75) is 13.0 Å². The lowest BCUT2D eigenvalue weighted by Crippen LogP contribution is -2.07. The second-order valence-electron chi connectivity index (χ2n) is 3.16. The Morgan fingerprint density at radius 1 is 1.59 bits per heavy atom. The summed E-state index contributed by atoms with van der Waals surface area (Å²) in [6.07, 6.45) is -2.82. The van der Waals surface area contributed by atoms with Gasteiger partial charge in [0.2, 0.25) is 0 Å². The predicted octanol–water partition coefficient (Wildman–Crippen LogP) is 1.77. The number of hydrogen-bond acceptors (Lipinski definition) is 4. The van der Waals surface area contributed by atoms with Crippen LogP contribution >= 0.6 is 0 Å². The van der Waals surface area contributed by atoms with Crippen LogP contribution in [0.15, 0.2) is 12.1 Å². The smallest absolute Gasteiger partial charge is 0.339 e. The highest BCUT2D eigenvalue weighted by atomic mass is 19.3. The summed E-state index contributed by atoms with van der Waals surface area (Å²) in [5.41, 5.74) is -0.899. The van der Waals surface area contributed by atoms with Gasteiger partial charge in [-0.25, -0.2) is 13.6 Å². The Morgan fingerprint density at radius 3 is 2.65 bits per heavy atom. The normalized spacial score (nSPS) is 10.1. The van der Waals surface area contributed by atoms with Gasteiger partial charge < -0.3 is 9.84 Å². The van der Waals surface area contributed by atoms with Crippen LogP contribution in [0.5, 0.6) is 0 Å². The molecule has 0 amide bonds. The molecule has 0 unspecified atom stereocenters. The van der Waals surface area contributed by atoms with Crippen LogP contribution in [0.4, 0.5) is 8.78 Å². The Labute approximate surface area is 96.0 Å². The summed E-state index contributed by atoms with van der Waals surface area (Å²) < 4.78 is 29.6. The highest BCUT2D eigenvalue weighted by molar-refractivity contribution is 5.92. The number of rotatable bonds is 3. The highest BCUT2D eigenvalue weighted by Crippen LogP contribution is 2.26. The lowest BCUT2D eigenvalue weighted by atomic mass is 9.99. The monoisotopic (exact) mass is 241 g/mol. The Balaban J connectivity index is 3.44. The second kappa shape index (κ2) is 5.37. The molecule has 0 saturated carbocycles. The van der Waals surface area contributed by atoms with E-state index in [0.717, 1.165) is 19.2 Å². The Hall–Kier alpha value is -2.00. The van der Waals surface area contributed by atoms with Gasteiger partial charge in [0.05, 0.1) is 24.8 Å². The van der Waals surface area contributed by atoms with Crippen molar-refractivity contribution in [1.82, 2.24) is 0 Å². The summed E-state index contributed by atoms with van der Waals surface area (Å²) in [4.78, 5) is 11.3. The maximum Gasteiger partial charge on any atom is 0.339 e. The van der Waals surface area contributed by atoms with Crippen LogP contribution in [0.3, 0.4) is 0 Å². The summed E-state index contributed by atoms with van der Waals surface area (Å²) in [5, 5.41) is 17.7. The lowest BCUT2D eigenvalue weighted by molar-refractivity contribution is 0.0599. The molecule has 1 rings (SSSR count). The average Bonchev–Trinajstić information content (AvgIpc) is 2.35. The third kappa shape index (κ3) is 2.57. The van der Waals surface area contributed by atoms with Gasteiger partial charge in [-0.15, -0.1) is 0 Å². The number of halogens is 2. The van der Waals surface area contributed by atoms with Gasteiger partial charge in [0.1, 0.15) is 6.07 Å². The van der Waals surface area contributed by atoms with E-state index in [1.165, 1.54) is 0 Å². The molecule has 0 radical (unpaired) electrons. The topological polar surface area (TPSA) is 70.3 Å². The molecular weight excluding hydrogens is 232 g/mol. The van der Waals surface area contributed by atoms with E-state index in [1.54, 1.807) is 6.07 Å². The maximum absolute atomic E-state index is 12.6. The molecule has 1 N–H and O–H groups in total. The highest BCUT2D eigenvalue weighted by Gasteiger charge is 2.20. The molecule has 0 heterocycles. The standard InChI is InChI=1S/C11H9F2NO3/c1-17-11(16)9-3-7(5-15)8(10(12)13)2-6(9)4-14/h2-3,10,15H,5H2,1H3. The van der Waals surface area contributed by atoms with Crippen molar-refractivity contribution in [3.63, 3.8) is 0 Å². The number of alkyl halides is 2. The first kappa shape index (κ1) is 13.1. The molecule has 4 nitrogen and oxygen atoms in total. The van der Waals surface area contributed by atoms with E-state index in [2.05, 4.69) is 4.74 Å². The molecular formula is C11H9F2NO3. The first-order chi connectivity index (χ1) is 8.04. The van der Waals surface area contributed by atoms with Gasteiger partial charge in [-0.3, -0.25) is 0 Å². The number of nitrogens with zero attached hydrogens (tertiary/aromatic N) is 1. The lowest BCUT2D eigenvalue weighted by Gasteiger charge is -2.10. The zero-order chi connectivity index (χ0) is 13.0. The van der Waals surface area contributed by atoms with Crippen molar-refractivity contribution in [3.05, 3.63) is 34.4 Å². The van der Waals surface area contributed by atoms with Crippen molar-refractivity contribution in [1.29, 1.82) is 5.26 Å². The number of benzene rings is 1. The van der Waals surface area contributed by atoms with Crippen molar-refractivity contribution in [3.8, 4) is 6.07 Å². The van der Waals surface area contributed by atoms with E-state index in [-0.39, 0.29) is 16.7 Å². The summed E-state index contributed by atoms with van der Waals surface area (Å²) in [6, 6.07) is 3.58. The van der Waals surface area contributed by atoms with E-state index < -0.39 is 24.6 Å². The molecule has 0 spiro atoms. The molecule has 17 heavy (non-hydrogen) atoms. The molecule has 0 fully saturated rings. The third-order valence-corrected chi connectivity index (χ3v) is 2.21. The molecule has 0 aromatic heterocycles. The van der Waals surface area contributed by atoms with Crippen LogP contribution in [0.2, 0.25) is 0 Å². The molecule has 0 aliphatic rings. The molecule has 90 valence electrons. The fourth-order valence-corrected chi connectivity index (χ4v) is 1.37.